The fraction of sp³-hybridized carbons (Fsp3) is 0.917. The number of hydrogen-bond acceptors (Lipinski definition) is 1. The van der Waals surface area contributed by atoms with Crippen molar-refractivity contribution < 1.29 is 4.79 Å². The Morgan fingerprint density at radius 3 is 2.53 bits per heavy atom. The highest BCUT2D eigenvalue weighted by atomic mass is 79.9. The third-order valence-electron chi connectivity index (χ3n) is 2.61. The Kier molecular flexibility index (Phi) is 10.4. The lowest BCUT2D eigenvalue weighted by molar-refractivity contribution is -0.121. The second-order valence-electron chi connectivity index (χ2n) is 4.17. The monoisotopic (exact) mass is 277 g/mol. The van der Waals surface area contributed by atoms with Crippen molar-refractivity contribution in [3.05, 3.63) is 0 Å². The Morgan fingerprint density at radius 2 is 1.93 bits per heavy atom. The van der Waals surface area contributed by atoms with Crippen LogP contribution < -0.4 is 5.32 Å². The first-order chi connectivity index (χ1) is 7.20. The standard InChI is InChI=1S/C12H24BrNO/c1-3-11(2)10-12(15)14-9-7-5-4-6-8-13/h11H,3-10H2,1-2H3,(H,14,15). The average molecular weight is 278 g/mol. The maximum Gasteiger partial charge on any atom is 0.220 e. The normalized spacial score (nSPS) is 12.5. The molecule has 0 aromatic heterocycles. The van der Waals surface area contributed by atoms with Gasteiger partial charge in [-0.3, -0.25) is 4.79 Å². The topological polar surface area (TPSA) is 29.1 Å². The van der Waals surface area contributed by atoms with E-state index < -0.39 is 0 Å². The molecule has 1 unspecified atom stereocenters. The largest absolute Gasteiger partial charge is 0.356 e. The first-order valence-electron chi connectivity index (χ1n) is 6.03. The molecule has 0 rings (SSSR count). The van der Waals surface area contributed by atoms with Gasteiger partial charge in [0.15, 0.2) is 0 Å². The first-order valence-corrected chi connectivity index (χ1v) is 7.15. The summed E-state index contributed by atoms with van der Waals surface area (Å²) in [6.07, 6.45) is 6.58. The van der Waals surface area contributed by atoms with Crippen LogP contribution in [0.3, 0.4) is 0 Å². The van der Waals surface area contributed by atoms with Crippen molar-refractivity contribution in [3.63, 3.8) is 0 Å². The van der Waals surface area contributed by atoms with E-state index in [0.717, 1.165) is 24.7 Å². The fourth-order valence-electron chi connectivity index (χ4n) is 1.33. The Balaban J connectivity index is 3.24. The molecule has 1 atom stereocenters. The van der Waals surface area contributed by atoms with Gasteiger partial charge in [-0.1, -0.05) is 49.0 Å². The third-order valence-corrected chi connectivity index (χ3v) is 3.17. The van der Waals surface area contributed by atoms with E-state index in [1.807, 2.05) is 0 Å². The van der Waals surface area contributed by atoms with E-state index in [1.54, 1.807) is 0 Å². The smallest absolute Gasteiger partial charge is 0.220 e. The van der Waals surface area contributed by atoms with Crippen LogP contribution in [0.15, 0.2) is 0 Å². The van der Waals surface area contributed by atoms with Crippen LogP contribution in [0.1, 0.15) is 52.4 Å². The second kappa shape index (κ2) is 10.5. The van der Waals surface area contributed by atoms with Crippen LogP contribution in [0.4, 0.5) is 0 Å². The highest BCUT2D eigenvalue weighted by Gasteiger charge is 2.05. The molecule has 0 bridgehead atoms. The van der Waals surface area contributed by atoms with Gasteiger partial charge < -0.3 is 5.32 Å². The summed E-state index contributed by atoms with van der Waals surface area (Å²) in [7, 11) is 0. The van der Waals surface area contributed by atoms with E-state index >= 15 is 0 Å². The van der Waals surface area contributed by atoms with Crippen molar-refractivity contribution in [2.75, 3.05) is 11.9 Å². The van der Waals surface area contributed by atoms with Crippen LogP contribution in [0.5, 0.6) is 0 Å². The number of carbonyl (C=O) groups excluding carboxylic acids is 1. The molecule has 0 aromatic rings. The summed E-state index contributed by atoms with van der Waals surface area (Å²) in [6, 6.07) is 0. The highest BCUT2D eigenvalue weighted by Crippen LogP contribution is 2.05. The average Bonchev–Trinajstić information content (AvgIpc) is 2.23. The quantitative estimate of drug-likeness (QED) is 0.507. The minimum absolute atomic E-state index is 0.213. The molecule has 0 radical (unpaired) electrons. The zero-order valence-corrected chi connectivity index (χ0v) is 11.6. The highest BCUT2D eigenvalue weighted by molar-refractivity contribution is 9.09. The van der Waals surface area contributed by atoms with Crippen molar-refractivity contribution in [1.82, 2.24) is 5.32 Å². The van der Waals surface area contributed by atoms with E-state index in [-0.39, 0.29) is 5.91 Å². The lowest BCUT2D eigenvalue weighted by Gasteiger charge is -2.08. The number of unbranched alkanes of at least 4 members (excludes halogenated alkanes) is 3. The summed E-state index contributed by atoms with van der Waals surface area (Å²) in [6.45, 7) is 5.09. The van der Waals surface area contributed by atoms with Crippen LogP contribution in [-0.4, -0.2) is 17.8 Å². The van der Waals surface area contributed by atoms with Crippen molar-refractivity contribution in [2.45, 2.75) is 52.4 Å². The molecule has 0 aliphatic rings. The molecule has 90 valence electrons. The maximum atomic E-state index is 11.4. The van der Waals surface area contributed by atoms with Gasteiger partial charge in [0.1, 0.15) is 0 Å². The Labute approximate surface area is 102 Å². The van der Waals surface area contributed by atoms with Gasteiger partial charge >= 0.3 is 0 Å². The summed E-state index contributed by atoms with van der Waals surface area (Å²) in [5.41, 5.74) is 0. The molecular weight excluding hydrogens is 254 g/mol. The fourth-order valence-corrected chi connectivity index (χ4v) is 1.73. The number of hydrogen-bond donors (Lipinski definition) is 1. The summed E-state index contributed by atoms with van der Waals surface area (Å²) in [5.74, 6) is 0.725. The van der Waals surface area contributed by atoms with E-state index in [2.05, 4.69) is 35.1 Å². The van der Waals surface area contributed by atoms with E-state index in [0.29, 0.717) is 12.3 Å². The number of alkyl halides is 1. The van der Waals surface area contributed by atoms with E-state index in [1.165, 1.54) is 19.3 Å². The van der Waals surface area contributed by atoms with E-state index in [4.69, 9.17) is 0 Å². The Hall–Kier alpha value is -0.0500. The van der Waals surface area contributed by atoms with Crippen LogP contribution in [-0.2, 0) is 4.79 Å². The van der Waals surface area contributed by atoms with Crippen LogP contribution in [0.2, 0.25) is 0 Å². The van der Waals surface area contributed by atoms with Gasteiger partial charge in [-0.15, -0.1) is 0 Å². The van der Waals surface area contributed by atoms with Gasteiger partial charge in [-0.05, 0) is 18.8 Å². The lowest BCUT2D eigenvalue weighted by Crippen LogP contribution is -2.25. The molecule has 0 heterocycles. The molecule has 1 amide bonds. The molecule has 0 spiro atoms. The van der Waals surface area contributed by atoms with Gasteiger partial charge in [-0.25, -0.2) is 0 Å². The molecule has 15 heavy (non-hydrogen) atoms. The number of carbonyl (C=O) groups is 1. The summed E-state index contributed by atoms with van der Waals surface area (Å²) < 4.78 is 0. The SMILES string of the molecule is CCC(C)CC(=O)NCCCCCCBr. The zero-order valence-electron chi connectivity index (χ0n) is 10.0. The summed E-state index contributed by atoms with van der Waals surface area (Å²) >= 11 is 3.41. The molecule has 3 heteroatoms. The van der Waals surface area contributed by atoms with Crippen molar-refractivity contribution in [2.24, 2.45) is 5.92 Å². The molecular formula is C12H24BrNO. The van der Waals surface area contributed by atoms with Crippen molar-refractivity contribution >= 4 is 21.8 Å². The van der Waals surface area contributed by atoms with Gasteiger partial charge in [0, 0.05) is 18.3 Å². The number of amides is 1. The van der Waals surface area contributed by atoms with E-state index in [9.17, 15) is 4.79 Å². The molecule has 2 nitrogen and oxygen atoms in total. The summed E-state index contributed by atoms with van der Waals surface area (Å²) in [5, 5.41) is 4.06. The molecule has 0 saturated heterocycles. The number of nitrogens with one attached hydrogen (secondary N) is 1. The molecule has 1 N–H and O–H groups in total. The lowest BCUT2D eigenvalue weighted by atomic mass is 10.1. The molecule has 0 aliphatic heterocycles. The van der Waals surface area contributed by atoms with Gasteiger partial charge in [0.05, 0.1) is 0 Å². The van der Waals surface area contributed by atoms with Crippen LogP contribution in [0, 0.1) is 5.92 Å². The Morgan fingerprint density at radius 1 is 1.27 bits per heavy atom. The van der Waals surface area contributed by atoms with Crippen molar-refractivity contribution in [3.8, 4) is 0 Å². The zero-order chi connectivity index (χ0) is 11.5. The van der Waals surface area contributed by atoms with Crippen molar-refractivity contribution in [1.29, 1.82) is 0 Å². The van der Waals surface area contributed by atoms with Gasteiger partial charge in [-0.2, -0.15) is 0 Å². The van der Waals surface area contributed by atoms with Crippen LogP contribution >= 0.6 is 15.9 Å². The Bertz CT molecular complexity index is 162. The predicted molar refractivity (Wildman–Crippen MR) is 69.3 cm³/mol. The summed E-state index contributed by atoms with van der Waals surface area (Å²) in [4.78, 5) is 11.4. The maximum absolute atomic E-state index is 11.4. The second-order valence-corrected chi connectivity index (χ2v) is 4.96. The predicted octanol–water partition coefficient (Wildman–Crippen LogP) is 3.49. The molecule has 0 saturated carbocycles. The molecule has 0 aromatic carbocycles. The minimum Gasteiger partial charge on any atom is -0.356 e. The molecule has 0 fully saturated rings. The van der Waals surface area contributed by atoms with Gasteiger partial charge in [0.25, 0.3) is 0 Å². The number of halogens is 1. The molecule has 0 aliphatic carbocycles. The third kappa shape index (κ3) is 10.2. The number of rotatable bonds is 9. The minimum atomic E-state index is 0.213. The first kappa shape index (κ1) is 14.9. The van der Waals surface area contributed by atoms with Crippen LogP contribution in [0.25, 0.3) is 0 Å². The van der Waals surface area contributed by atoms with Gasteiger partial charge in [0.2, 0.25) is 5.91 Å².